The highest BCUT2D eigenvalue weighted by atomic mass is 32.2. The molecule has 3 saturated heterocycles. The minimum Gasteiger partial charge on any atom is -0.481 e. The van der Waals surface area contributed by atoms with Gasteiger partial charge in [-0.2, -0.15) is 0 Å². The number of carboxylic acids is 1. The Morgan fingerprint density at radius 2 is 2.10 bits per heavy atom. The van der Waals surface area contributed by atoms with Gasteiger partial charge in [0.2, 0.25) is 11.8 Å². The quantitative estimate of drug-likeness (QED) is 0.410. The molecule has 0 aromatic heterocycles. The zero-order valence-corrected chi connectivity index (χ0v) is 18.1. The van der Waals surface area contributed by atoms with Crippen LogP contribution in [0, 0.1) is 11.8 Å². The molecule has 3 aliphatic rings. The molecule has 2 unspecified atom stereocenters. The van der Waals surface area contributed by atoms with E-state index in [2.05, 4.69) is 13.5 Å². The van der Waals surface area contributed by atoms with Crippen LogP contribution in [0.3, 0.4) is 0 Å². The Bertz CT molecular complexity index is 701. The summed E-state index contributed by atoms with van der Waals surface area (Å²) >= 11 is 1.52. The fourth-order valence-corrected chi connectivity index (χ4v) is 7.95. The number of aliphatic hydroxyl groups is 1. The number of unbranched alkanes of at least 4 members (excludes halogenated alkanes) is 2. The van der Waals surface area contributed by atoms with Crippen molar-refractivity contribution in [3.05, 3.63) is 12.7 Å². The maximum absolute atomic E-state index is 13.7. The number of aliphatic hydroxyl groups excluding tert-OH is 1. The first kappa shape index (κ1) is 22.2. The van der Waals surface area contributed by atoms with E-state index in [1.165, 1.54) is 16.7 Å². The van der Waals surface area contributed by atoms with Gasteiger partial charge in [-0.15, -0.1) is 18.3 Å². The molecule has 7 nitrogen and oxygen atoms in total. The molecular weight excluding hydrogens is 392 g/mol. The van der Waals surface area contributed by atoms with Crippen LogP contribution in [0.2, 0.25) is 0 Å². The number of nitrogens with zero attached hydrogens (tertiary/aromatic N) is 2. The van der Waals surface area contributed by atoms with Gasteiger partial charge in [-0.05, 0) is 26.2 Å². The van der Waals surface area contributed by atoms with Crippen molar-refractivity contribution in [2.45, 2.75) is 61.5 Å². The van der Waals surface area contributed by atoms with Gasteiger partial charge in [-0.25, -0.2) is 0 Å². The molecule has 5 atom stereocenters. The summed E-state index contributed by atoms with van der Waals surface area (Å²) in [5.74, 6) is -2.94. The van der Waals surface area contributed by atoms with Gasteiger partial charge < -0.3 is 20.0 Å². The molecule has 3 fully saturated rings. The van der Waals surface area contributed by atoms with E-state index in [0.29, 0.717) is 25.9 Å². The molecule has 0 radical (unpaired) electrons. The number of carboxylic acid groups (broad SMARTS) is 1. The number of amides is 2. The third-order valence-electron chi connectivity index (χ3n) is 6.81. The molecule has 162 valence electrons. The Labute approximate surface area is 176 Å². The first-order chi connectivity index (χ1) is 13.8. The summed E-state index contributed by atoms with van der Waals surface area (Å²) in [7, 11) is 0. The van der Waals surface area contributed by atoms with E-state index in [9.17, 15) is 24.6 Å². The molecule has 2 amide bonds. The van der Waals surface area contributed by atoms with Crippen LogP contribution in [0.5, 0.6) is 0 Å². The summed E-state index contributed by atoms with van der Waals surface area (Å²) in [6.07, 6.45) is 5.92. The highest BCUT2D eigenvalue weighted by molar-refractivity contribution is 8.02. The third kappa shape index (κ3) is 3.38. The van der Waals surface area contributed by atoms with Crippen molar-refractivity contribution in [1.82, 2.24) is 9.80 Å². The zero-order valence-electron chi connectivity index (χ0n) is 17.3. The van der Waals surface area contributed by atoms with Gasteiger partial charge in [-0.1, -0.05) is 25.8 Å². The van der Waals surface area contributed by atoms with E-state index in [1.807, 2.05) is 6.92 Å². The van der Waals surface area contributed by atoms with E-state index in [0.717, 1.165) is 19.3 Å². The molecular formula is C21H32N2O5S. The molecule has 0 aliphatic carbocycles. The average molecular weight is 425 g/mol. The van der Waals surface area contributed by atoms with E-state index in [4.69, 9.17) is 0 Å². The van der Waals surface area contributed by atoms with Crippen LogP contribution in [0.1, 0.15) is 46.0 Å². The van der Waals surface area contributed by atoms with Crippen LogP contribution in [0.4, 0.5) is 0 Å². The van der Waals surface area contributed by atoms with Crippen molar-refractivity contribution in [2.75, 3.05) is 26.2 Å². The van der Waals surface area contributed by atoms with Crippen molar-refractivity contribution in [2.24, 2.45) is 11.8 Å². The monoisotopic (exact) mass is 424 g/mol. The fourth-order valence-electron chi connectivity index (χ4n) is 5.60. The smallest absolute Gasteiger partial charge is 0.308 e. The predicted octanol–water partition coefficient (Wildman–Crippen LogP) is 1.75. The zero-order chi connectivity index (χ0) is 21.4. The minimum absolute atomic E-state index is 0.0496. The van der Waals surface area contributed by atoms with Crippen LogP contribution in [0.25, 0.3) is 0 Å². The summed E-state index contributed by atoms with van der Waals surface area (Å²) in [5.41, 5.74) is 0. The van der Waals surface area contributed by atoms with Gasteiger partial charge in [0.25, 0.3) is 0 Å². The number of fused-ring (bicyclic) bond motifs is 1. The first-order valence-corrected chi connectivity index (χ1v) is 11.3. The predicted molar refractivity (Wildman–Crippen MR) is 111 cm³/mol. The molecule has 2 N–H and O–H groups in total. The lowest BCUT2D eigenvalue weighted by molar-refractivity contribution is -0.150. The van der Waals surface area contributed by atoms with Crippen molar-refractivity contribution in [3.63, 3.8) is 0 Å². The fraction of sp³-hybridized carbons (Fsp3) is 0.762. The van der Waals surface area contributed by atoms with Crippen LogP contribution >= 0.6 is 11.8 Å². The molecule has 1 spiro atoms. The second-order valence-electron chi connectivity index (χ2n) is 8.60. The van der Waals surface area contributed by atoms with Gasteiger partial charge in [0.1, 0.15) is 6.04 Å². The lowest BCUT2D eigenvalue weighted by atomic mass is 9.66. The van der Waals surface area contributed by atoms with Gasteiger partial charge >= 0.3 is 5.97 Å². The number of carbonyl (C=O) groups is 3. The van der Waals surface area contributed by atoms with Crippen molar-refractivity contribution < 1.29 is 24.6 Å². The summed E-state index contributed by atoms with van der Waals surface area (Å²) in [5, 5.41) is 19.5. The van der Waals surface area contributed by atoms with Crippen molar-refractivity contribution >= 4 is 29.5 Å². The molecule has 8 heteroatoms. The van der Waals surface area contributed by atoms with E-state index >= 15 is 0 Å². The Balaban J connectivity index is 1.99. The number of aliphatic carboxylic acids is 1. The van der Waals surface area contributed by atoms with Crippen LogP contribution < -0.4 is 0 Å². The number of hydrogen-bond donors (Lipinski definition) is 2. The summed E-state index contributed by atoms with van der Waals surface area (Å²) in [4.78, 5) is 42.3. The Hall–Kier alpha value is -1.54. The second kappa shape index (κ2) is 8.30. The Morgan fingerprint density at radius 3 is 2.69 bits per heavy atom. The largest absolute Gasteiger partial charge is 0.481 e. The maximum atomic E-state index is 13.7. The summed E-state index contributed by atoms with van der Waals surface area (Å²) in [6, 6.07) is -0.732. The number of hydrogen-bond acceptors (Lipinski definition) is 5. The summed E-state index contributed by atoms with van der Waals surface area (Å²) in [6.45, 7) is 8.56. The van der Waals surface area contributed by atoms with Gasteiger partial charge in [0, 0.05) is 24.4 Å². The van der Waals surface area contributed by atoms with E-state index in [1.54, 1.807) is 11.0 Å². The number of carbonyl (C=O) groups excluding carboxylic acids is 2. The molecule has 0 aromatic rings. The SMILES string of the molecule is C=CCN(CCCCC)C(=O)C1N(CCO)C(=O)[C@@H]2[C@@H](C(=O)O)[C@@]3(C)CCC12S3. The average Bonchev–Trinajstić information content (AvgIpc) is 3.22. The molecule has 3 aliphatic heterocycles. The normalized spacial score (nSPS) is 35.1. The number of likely N-dealkylation sites (tertiary alicyclic amines) is 1. The summed E-state index contributed by atoms with van der Waals surface area (Å²) < 4.78 is -1.27. The maximum Gasteiger partial charge on any atom is 0.308 e. The highest BCUT2D eigenvalue weighted by Crippen LogP contribution is 2.71. The third-order valence-corrected chi connectivity index (χ3v) is 8.80. The molecule has 3 heterocycles. The molecule has 29 heavy (non-hydrogen) atoms. The Kier molecular flexibility index (Phi) is 6.34. The highest BCUT2D eigenvalue weighted by Gasteiger charge is 2.77. The van der Waals surface area contributed by atoms with Gasteiger partial charge in [0.05, 0.1) is 23.2 Å². The van der Waals surface area contributed by atoms with Crippen LogP contribution in [-0.4, -0.2) is 79.6 Å². The first-order valence-electron chi connectivity index (χ1n) is 10.5. The molecule has 0 saturated carbocycles. The topological polar surface area (TPSA) is 98.2 Å². The van der Waals surface area contributed by atoms with Crippen LogP contribution in [-0.2, 0) is 14.4 Å². The van der Waals surface area contributed by atoms with Crippen molar-refractivity contribution in [3.8, 4) is 0 Å². The van der Waals surface area contributed by atoms with Gasteiger partial charge in [-0.3, -0.25) is 14.4 Å². The second-order valence-corrected chi connectivity index (χ2v) is 10.5. The standard InChI is InChI=1S/C21H32N2O5S/c1-4-6-7-11-22(10-5-2)18(26)16-21-9-8-20(3,29-21)15(19(27)28)14(21)17(25)23(16)12-13-24/h5,14-16,24H,2,4,6-13H2,1,3H3,(H,27,28)/t14-,15-,16?,20+,21?/m0/s1. The molecule has 2 bridgehead atoms. The van der Waals surface area contributed by atoms with E-state index < -0.39 is 33.3 Å². The lowest BCUT2D eigenvalue weighted by Gasteiger charge is -2.37. The minimum atomic E-state index is -0.970. The number of thioether (sulfide) groups is 1. The van der Waals surface area contributed by atoms with Gasteiger partial charge in [0.15, 0.2) is 0 Å². The van der Waals surface area contributed by atoms with Crippen LogP contribution in [0.15, 0.2) is 12.7 Å². The number of β-amino-alcohol motifs (C(OH)–C–C–N with tert-alkyl or cyclic N) is 1. The molecule has 0 aromatic carbocycles. The molecule has 3 rings (SSSR count). The number of rotatable bonds is 10. The van der Waals surface area contributed by atoms with E-state index in [-0.39, 0.29) is 25.0 Å². The Morgan fingerprint density at radius 1 is 1.38 bits per heavy atom. The lowest BCUT2D eigenvalue weighted by Crippen LogP contribution is -2.55. The van der Waals surface area contributed by atoms with Crippen molar-refractivity contribution in [1.29, 1.82) is 0 Å².